The van der Waals surface area contributed by atoms with Crippen molar-refractivity contribution in [1.82, 2.24) is 15.1 Å². The van der Waals surface area contributed by atoms with Gasteiger partial charge in [-0.1, -0.05) is 43.7 Å². The van der Waals surface area contributed by atoms with Crippen LogP contribution in [0.1, 0.15) is 54.6 Å². The second-order valence-electron chi connectivity index (χ2n) is 8.61. The first-order valence-corrected chi connectivity index (χ1v) is 10.3. The summed E-state index contributed by atoms with van der Waals surface area (Å²) in [5.74, 6) is 1.95. The van der Waals surface area contributed by atoms with Gasteiger partial charge in [0.2, 0.25) is 5.91 Å². The Kier molecular flexibility index (Phi) is 4.83. The van der Waals surface area contributed by atoms with Crippen molar-refractivity contribution in [3.63, 3.8) is 0 Å². The smallest absolute Gasteiger partial charge is 0.224 e. The first kappa shape index (κ1) is 18.3. The lowest BCUT2D eigenvalue weighted by Crippen LogP contribution is -2.57. The summed E-state index contributed by atoms with van der Waals surface area (Å²) in [5, 5.41) is 8.02. The molecule has 1 aromatic carbocycles. The molecule has 2 aliphatic rings. The van der Waals surface area contributed by atoms with E-state index in [1.165, 1.54) is 30.4 Å². The maximum atomic E-state index is 13.0. The van der Waals surface area contributed by atoms with Gasteiger partial charge < -0.3 is 5.32 Å². The molecule has 0 bridgehead atoms. The van der Waals surface area contributed by atoms with E-state index in [9.17, 15) is 4.79 Å². The zero-order chi connectivity index (χ0) is 19.1. The Balaban J connectivity index is 1.45. The van der Waals surface area contributed by atoms with Crippen LogP contribution >= 0.6 is 0 Å². The van der Waals surface area contributed by atoms with Crippen LogP contribution in [-0.2, 0) is 11.3 Å². The third-order valence-electron chi connectivity index (χ3n) is 7.07. The minimum absolute atomic E-state index is 0.0840. The number of aryl methyl sites for hydroxylation is 1. The molecule has 0 saturated heterocycles. The Hall–Kier alpha value is -2.10. The van der Waals surface area contributed by atoms with Crippen molar-refractivity contribution in [1.29, 1.82) is 0 Å². The standard InChI is InChI=1S/C23H31N3O/c1-14(13-26-17(4)15(2)16(3)25-26)23(27)24-22-20-12-8-11-19(20)21(22)18-9-6-5-7-10-18/h5-7,9-10,14,19-22H,8,11-13H2,1-4H3,(H,24,27)/t14-,19+,20+,21-,22+/m0/s1. The number of rotatable bonds is 5. The fraction of sp³-hybridized carbons (Fsp3) is 0.565. The lowest BCUT2D eigenvalue weighted by atomic mass is 9.59. The van der Waals surface area contributed by atoms with E-state index in [1.54, 1.807) is 0 Å². The summed E-state index contributed by atoms with van der Waals surface area (Å²) < 4.78 is 1.99. The number of benzene rings is 1. The predicted octanol–water partition coefficient (Wildman–Crippen LogP) is 4.14. The highest BCUT2D eigenvalue weighted by Crippen LogP contribution is 2.55. The van der Waals surface area contributed by atoms with Crippen LogP contribution in [0.3, 0.4) is 0 Å². The number of hydrogen-bond donors (Lipinski definition) is 1. The highest BCUT2D eigenvalue weighted by atomic mass is 16.2. The van der Waals surface area contributed by atoms with Gasteiger partial charge >= 0.3 is 0 Å². The lowest BCUT2D eigenvalue weighted by Gasteiger charge is -2.50. The molecule has 4 rings (SSSR count). The largest absolute Gasteiger partial charge is 0.352 e. The summed E-state index contributed by atoms with van der Waals surface area (Å²) in [4.78, 5) is 13.0. The molecule has 2 aromatic rings. The van der Waals surface area contributed by atoms with Crippen LogP contribution < -0.4 is 5.32 Å². The van der Waals surface area contributed by atoms with Gasteiger partial charge in [0.15, 0.2) is 0 Å². The second-order valence-corrected chi connectivity index (χ2v) is 8.61. The number of nitrogens with zero attached hydrogens (tertiary/aromatic N) is 2. The number of carbonyl (C=O) groups is 1. The maximum absolute atomic E-state index is 13.0. The molecule has 2 aliphatic carbocycles. The van der Waals surface area contributed by atoms with Gasteiger partial charge in [-0.3, -0.25) is 9.48 Å². The van der Waals surface area contributed by atoms with E-state index in [0.29, 0.717) is 18.4 Å². The molecule has 4 nitrogen and oxygen atoms in total. The van der Waals surface area contributed by atoms with Crippen molar-refractivity contribution >= 4 is 5.91 Å². The summed E-state index contributed by atoms with van der Waals surface area (Å²) >= 11 is 0. The minimum atomic E-state index is -0.0840. The molecule has 4 heteroatoms. The van der Waals surface area contributed by atoms with Crippen LogP contribution in [0.2, 0.25) is 0 Å². The third kappa shape index (κ3) is 3.19. The highest BCUT2D eigenvalue weighted by Gasteiger charge is 2.53. The molecule has 0 radical (unpaired) electrons. The van der Waals surface area contributed by atoms with Crippen LogP contribution in [0, 0.1) is 38.5 Å². The number of aromatic nitrogens is 2. The normalized spacial score (nSPS) is 27.7. The van der Waals surface area contributed by atoms with Crippen molar-refractivity contribution in [2.24, 2.45) is 17.8 Å². The zero-order valence-corrected chi connectivity index (χ0v) is 16.9. The number of nitrogens with one attached hydrogen (secondary N) is 1. The second kappa shape index (κ2) is 7.14. The van der Waals surface area contributed by atoms with Crippen LogP contribution in [0.25, 0.3) is 0 Å². The average Bonchev–Trinajstić information content (AvgIpc) is 3.17. The molecular formula is C23H31N3O. The zero-order valence-electron chi connectivity index (χ0n) is 16.9. The van der Waals surface area contributed by atoms with Crippen molar-refractivity contribution in [3.8, 4) is 0 Å². The summed E-state index contributed by atoms with van der Waals surface area (Å²) in [6.07, 6.45) is 3.85. The fourth-order valence-electron chi connectivity index (χ4n) is 5.24. The molecule has 0 unspecified atom stereocenters. The van der Waals surface area contributed by atoms with Gasteiger partial charge in [0.1, 0.15) is 0 Å². The van der Waals surface area contributed by atoms with E-state index in [-0.39, 0.29) is 17.9 Å². The summed E-state index contributed by atoms with van der Waals surface area (Å²) in [6, 6.07) is 11.0. The summed E-state index contributed by atoms with van der Waals surface area (Å²) in [7, 11) is 0. The molecule has 1 aromatic heterocycles. The fourth-order valence-corrected chi connectivity index (χ4v) is 5.24. The average molecular weight is 366 g/mol. The molecule has 1 N–H and O–H groups in total. The summed E-state index contributed by atoms with van der Waals surface area (Å²) in [5.41, 5.74) is 4.82. The SMILES string of the molecule is Cc1nn(C[C@H](C)C(=O)N[C@@H]2[C@@H]3CCC[C@H]3[C@@H]2c2ccccc2)c(C)c1C. The van der Waals surface area contributed by atoms with Crippen molar-refractivity contribution in [2.45, 2.75) is 65.5 Å². The van der Waals surface area contributed by atoms with Crippen LogP contribution in [-0.4, -0.2) is 21.7 Å². The number of fused-ring (bicyclic) bond motifs is 1. The topological polar surface area (TPSA) is 46.9 Å². The molecule has 5 atom stereocenters. The molecule has 2 saturated carbocycles. The predicted molar refractivity (Wildman–Crippen MR) is 108 cm³/mol. The molecule has 1 amide bonds. The number of amides is 1. The van der Waals surface area contributed by atoms with Crippen molar-refractivity contribution in [2.75, 3.05) is 0 Å². The monoisotopic (exact) mass is 365 g/mol. The van der Waals surface area contributed by atoms with Crippen LogP contribution in [0.5, 0.6) is 0 Å². The van der Waals surface area contributed by atoms with Gasteiger partial charge in [0.05, 0.1) is 18.2 Å². The van der Waals surface area contributed by atoms with Gasteiger partial charge in [0, 0.05) is 17.7 Å². The first-order valence-electron chi connectivity index (χ1n) is 10.3. The summed E-state index contributed by atoms with van der Waals surface area (Å²) in [6.45, 7) is 8.87. The minimum Gasteiger partial charge on any atom is -0.352 e. The van der Waals surface area contributed by atoms with E-state index in [1.807, 2.05) is 18.5 Å². The van der Waals surface area contributed by atoms with Gasteiger partial charge in [0.25, 0.3) is 0 Å². The number of carbonyl (C=O) groups excluding carboxylic acids is 1. The Morgan fingerprint density at radius 3 is 2.56 bits per heavy atom. The van der Waals surface area contributed by atoms with Gasteiger partial charge in [-0.05, 0) is 56.6 Å². The molecule has 27 heavy (non-hydrogen) atoms. The van der Waals surface area contributed by atoms with E-state index in [2.05, 4.69) is 54.6 Å². The van der Waals surface area contributed by atoms with E-state index < -0.39 is 0 Å². The third-order valence-corrected chi connectivity index (χ3v) is 7.07. The van der Waals surface area contributed by atoms with Crippen molar-refractivity contribution < 1.29 is 4.79 Å². The Morgan fingerprint density at radius 2 is 1.89 bits per heavy atom. The molecule has 0 spiro atoms. The molecule has 2 fully saturated rings. The molecule has 1 heterocycles. The molecule has 144 valence electrons. The van der Waals surface area contributed by atoms with E-state index >= 15 is 0 Å². The van der Waals surface area contributed by atoms with E-state index in [4.69, 9.17) is 0 Å². The van der Waals surface area contributed by atoms with Gasteiger partial charge in [-0.2, -0.15) is 5.10 Å². The Morgan fingerprint density at radius 1 is 1.19 bits per heavy atom. The van der Waals surface area contributed by atoms with Gasteiger partial charge in [-0.15, -0.1) is 0 Å². The van der Waals surface area contributed by atoms with Crippen LogP contribution in [0.15, 0.2) is 30.3 Å². The Labute approximate surface area is 162 Å². The lowest BCUT2D eigenvalue weighted by molar-refractivity contribution is -0.127. The van der Waals surface area contributed by atoms with Crippen LogP contribution in [0.4, 0.5) is 0 Å². The van der Waals surface area contributed by atoms with Crippen molar-refractivity contribution in [3.05, 3.63) is 52.8 Å². The quantitative estimate of drug-likeness (QED) is 0.865. The highest BCUT2D eigenvalue weighted by molar-refractivity contribution is 5.79. The first-order chi connectivity index (χ1) is 13.0. The number of hydrogen-bond acceptors (Lipinski definition) is 2. The Bertz CT molecular complexity index is 826. The molecular weight excluding hydrogens is 334 g/mol. The maximum Gasteiger partial charge on any atom is 0.224 e. The van der Waals surface area contributed by atoms with Gasteiger partial charge in [-0.25, -0.2) is 0 Å². The molecule has 0 aliphatic heterocycles. The van der Waals surface area contributed by atoms with E-state index in [0.717, 1.165) is 17.3 Å².